The summed E-state index contributed by atoms with van der Waals surface area (Å²) in [5.74, 6) is 0.212. The zero-order valence-corrected chi connectivity index (χ0v) is 10.2. The summed E-state index contributed by atoms with van der Waals surface area (Å²) in [7, 11) is 0. The molecule has 16 heavy (non-hydrogen) atoms. The van der Waals surface area contributed by atoms with Crippen molar-refractivity contribution in [2.24, 2.45) is 0 Å². The van der Waals surface area contributed by atoms with Gasteiger partial charge in [0.1, 0.15) is 5.15 Å². The lowest BCUT2D eigenvalue weighted by molar-refractivity contribution is -0.384. The van der Waals surface area contributed by atoms with Crippen LogP contribution in [-0.4, -0.2) is 15.4 Å². The Kier molecular flexibility index (Phi) is 3.70. The molecule has 1 aromatic heterocycles. The topological polar surface area (TPSA) is 68.1 Å². The second kappa shape index (κ2) is 4.65. The van der Waals surface area contributed by atoms with E-state index in [4.69, 9.17) is 11.6 Å². The molecule has 0 unspecified atom stereocenters. The fraction of sp³-hybridized carbons (Fsp3) is 0.500. The largest absolute Gasteiger partial charge is 0.359 e. The van der Waals surface area contributed by atoms with Crippen LogP contribution in [0, 0.1) is 10.1 Å². The second-order valence-corrected chi connectivity index (χ2v) is 4.51. The Morgan fingerprint density at radius 2 is 2.19 bits per heavy atom. The van der Waals surface area contributed by atoms with Gasteiger partial charge in [-0.3, -0.25) is 10.1 Å². The molecule has 0 aliphatic heterocycles. The number of nitrogens with one attached hydrogen (secondary N) is 1. The van der Waals surface area contributed by atoms with Crippen LogP contribution in [0.1, 0.15) is 27.2 Å². The van der Waals surface area contributed by atoms with Gasteiger partial charge >= 0.3 is 5.69 Å². The van der Waals surface area contributed by atoms with Gasteiger partial charge in [0.15, 0.2) is 0 Å². The van der Waals surface area contributed by atoms with Crippen molar-refractivity contribution in [2.75, 3.05) is 5.32 Å². The number of hydrogen-bond acceptors (Lipinski definition) is 4. The standard InChI is InChI=1S/C10H14ClN3O2/c1-4-10(2,3)13-9-7(14(15)16)5-6-8(11)12-9/h5-6H,4H2,1-3H3,(H,12,13). The Hall–Kier alpha value is -1.36. The van der Waals surface area contributed by atoms with E-state index >= 15 is 0 Å². The molecule has 0 aliphatic carbocycles. The van der Waals surface area contributed by atoms with E-state index in [0.29, 0.717) is 0 Å². The highest BCUT2D eigenvalue weighted by atomic mass is 35.5. The molecule has 0 amide bonds. The van der Waals surface area contributed by atoms with Crippen molar-refractivity contribution in [1.82, 2.24) is 4.98 Å². The van der Waals surface area contributed by atoms with Gasteiger partial charge in [-0.25, -0.2) is 4.98 Å². The normalized spacial score (nSPS) is 11.2. The van der Waals surface area contributed by atoms with Gasteiger partial charge in [-0.1, -0.05) is 18.5 Å². The summed E-state index contributed by atoms with van der Waals surface area (Å²) in [5.41, 5.74) is -0.325. The number of pyridine rings is 1. The van der Waals surface area contributed by atoms with Crippen LogP contribution in [0.4, 0.5) is 11.5 Å². The van der Waals surface area contributed by atoms with Crippen molar-refractivity contribution < 1.29 is 4.92 Å². The minimum atomic E-state index is -0.475. The molecule has 1 heterocycles. The van der Waals surface area contributed by atoms with Gasteiger partial charge in [-0.05, 0) is 26.3 Å². The van der Waals surface area contributed by atoms with Gasteiger partial charge in [0, 0.05) is 11.6 Å². The van der Waals surface area contributed by atoms with E-state index in [9.17, 15) is 10.1 Å². The van der Waals surface area contributed by atoms with Crippen LogP contribution in [-0.2, 0) is 0 Å². The second-order valence-electron chi connectivity index (χ2n) is 4.12. The van der Waals surface area contributed by atoms with E-state index in [2.05, 4.69) is 10.3 Å². The first-order valence-electron chi connectivity index (χ1n) is 4.95. The number of rotatable bonds is 4. The molecule has 6 heteroatoms. The van der Waals surface area contributed by atoms with Crippen LogP contribution in [0.5, 0.6) is 0 Å². The lowest BCUT2D eigenvalue weighted by atomic mass is 10.0. The average molecular weight is 244 g/mol. The third-order valence-electron chi connectivity index (χ3n) is 2.38. The molecule has 1 rings (SSSR count). The van der Waals surface area contributed by atoms with Gasteiger partial charge < -0.3 is 5.32 Å². The molecule has 0 spiro atoms. The van der Waals surface area contributed by atoms with Crippen LogP contribution in [0.25, 0.3) is 0 Å². The van der Waals surface area contributed by atoms with Gasteiger partial charge in [-0.2, -0.15) is 0 Å². The molecule has 0 saturated heterocycles. The molecule has 0 atom stereocenters. The third kappa shape index (κ3) is 3.06. The quantitative estimate of drug-likeness (QED) is 0.501. The van der Waals surface area contributed by atoms with Crippen molar-refractivity contribution in [1.29, 1.82) is 0 Å². The molecule has 0 fully saturated rings. The average Bonchev–Trinajstić information content (AvgIpc) is 2.16. The van der Waals surface area contributed by atoms with Crippen LogP contribution >= 0.6 is 11.6 Å². The first kappa shape index (κ1) is 12.7. The monoisotopic (exact) mass is 243 g/mol. The molecule has 1 N–H and O–H groups in total. The van der Waals surface area contributed by atoms with Gasteiger partial charge in [-0.15, -0.1) is 0 Å². The number of aromatic nitrogens is 1. The number of anilines is 1. The maximum atomic E-state index is 10.8. The lowest BCUT2D eigenvalue weighted by Crippen LogP contribution is -2.30. The first-order chi connectivity index (χ1) is 7.35. The maximum Gasteiger partial charge on any atom is 0.311 e. The van der Waals surface area contributed by atoms with E-state index in [-0.39, 0.29) is 22.2 Å². The summed E-state index contributed by atoms with van der Waals surface area (Å²) < 4.78 is 0. The Bertz CT molecular complexity index is 407. The van der Waals surface area contributed by atoms with Gasteiger partial charge in [0.05, 0.1) is 4.92 Å². The minimum Gasteiger partial charge on any atom is -0.359 e. The Morgan fingerprint density at radius 3 is 2.69 bits per heavy atom. The van der Waals surface area contributed by atoms with Crippen molar-refractivity contribution in [3.8, 4) is 0 Å². The zero-order chi connectivity index (χ0) is 12.3. The lowest BCUT2D eigenvalue weighted by Gasteiger charge is -2.24. The van der Waals surface area contributed by atoms with Crippen LogP contribution in [0.3, 0.4) is 0 Å². The number of nitrogens with zero attached hydrogens (tertiary/aromatic N) is 2. The van der Waals surface area contributed by atoms with Crippen LogP contribution < -0.4 is 5.32 Å². The molecular weight excluding hydrogens is 230 g/mol. The van der Waals surface area contributed by atoms with Gasteiger partial charge in [0.2, 0.25) is 5.82 Å². The SMILES string of the molecule is CCC(C)(C)Nc1nc(Cl)ccc1[N+](=O)[O-]. The van der Waals surface area contributed by atoms with Crippen molar-refractivity contribution in [2.45, 2.75) is 32.7 Å². The molecule has 1 aromatic rings. The fourth-order valence-electron chi connectivity index (χ4n) is 1.08. The van der Waals surface area contributed by atoms with Crippen molar-refractivity contribution >= 4 is 23.1 Å². The molecule has 0 saturated carbocycles. The van der Waals surface area contributed by atoms with E-state index < -0.39 is 4.92 Å². The van der Waals surface area contributed by atoms with Gasteiger partial charge in [0.25, 0.3) is 0 Å². The van der Waals surface area contributed by atoms with Crippen molar-refractivity contribution in [3.63, 3.8) is 0 Å². The predicted molar refractivity (Wildman–Crippen MR) is 63.9 cm³/mol. The summed E-state index contributed by atoms with van der Waals surface area (Å²) in [5, 5.41) is 14.0. The predicted octanol–water partition coefficient (Wildman–Crippen LogP) is 3.24. The highest BCUT2D eigenvalue weighted by Crippen LogP contribution is 2.27. The smallest absolute Gasteiger partial charge is 0.311 e. The minimum absolute atomic E-state index is 0.0640. The molecule has 0 aliphatic rings. The highest BCUT2D eigenvalue weighted by molar-refractivity contribution is 6.29. The van der Waals surface area contributed by atoms with E-state index in [1.807, 2.05) is 20.8 Å². The van der Waals surface area contributed by atoms with Crippen molar-refractivity contribution in [3.05, 3.63) is 27.4 Å². The summed E-state index contributed by atoms with van der Waals surface area (Å²) in [6.45, 7) is 5.88. The van der Waals surface area contributed by atoms with E-state index in [1.165, 1.54) is 12.1 Å². The van der Waals surface area contributed by atoms with Crippen LogP contribution in [0.15, 0.2) is 12.1 Å². The Balaban J connectivity index is 3.10. The number of halogens is 1. The van der Waals surface area contributed by atoms with Crippen LogP contribution in [0.2, 0.25) is 5.15 Å². The first-order valence-corrected chi connectivity index (χ1v) is 5.32. The molecule has 88 valence electrons. The van der Waals surface area contributed by atoms with E-state index in [1.54, 1.807) is 0 Å². The zero-order valence-electron chi connectivity index (χ0n) is 9.45. The number of nitro groups is 1. The summed E-state index contributed by atoms with van der Waals surface area (Å²) >= 11 is 5.72. The maximum absolute atomic E-state index is 10.8. The number of hydrogen-bond donors (Lipinski definition) is 1. The summed E-state index contributed by atoms with van der Waals surface area (Å²) in [6, 6.07) is 2.76. The third-order valence-corrected chi connectivity index (χ3v) is 2.59. The fourth-order valence-corrected chi connectivity index (χ4v) is 1.22. The Labute approximate surface area is 99.0 Å². The summed E-state index contributed by atoms with van der Waals surface area (Å²) in [4.78, 5) is 14.3. The molecule has 5 nitrogen and oxygen atoms in total. The highest BCUT2D eigenvalue weighted by Gasteiger charge is 2.22. The molecule has 0 aromatic carbocycles. The van der Waals surface area contributed by atoms with E-state index in [0.717, 1.165) is 6.42 Å². The molecular formula is C10H14ClN3O2. The molecule has 0 bridgehead atoms. The molecule has 0 radical (unpaired) electrons. The Morgan fingerprint density at radius 1 is 1.56 bits per heavy atom. The summed E-state index contributed by atoms with van der Waals surface area (Å²) in [6.07, 6.45) is 0.818.